The van der Waals surface area contributed by atoms with Crippen LogP contribution in [-0.2, 0) is 11.0 Å². The third-order valence-electron chi connectivity index (χ3n) is 5.74. The number of nitrogens with zero attached hydrogens (tertiary/aromatic N) is 1. The molecule has 2 rings (SSSR count). The van der Waals surface area contributed by atoms with Crippen molar-refractivity contribution < 1.29 is 40.3 Å². The summed E-state index contributed by atoms with van der Waals surface area (Å²) in [5.41, 5.74) is -4.15. The molecule has 0 bridgehead atoms. The third-order valence-corrected chi connectivity index (χ3v) is 5.74. The molecule has 0 aromatic heterocycles. The monoisotopic (exact) mass is 485 g/mol. The number of hydrogen-bond donors (Lipinski definition) is 2. The summed E-state index contributed by atoms with van der Waals surface area (Å²) < 4.78 is 90.4. The van der Waals surface area contributed by atoms with Crippen LogP contribution in [0.15, 0.2) is 18.2 Å². The van der Waals surface area contributed by atoms with Crippen LogP contribution < -0.4 is 10.6 Å². The van der Waals surface area contributed by atoms with Crippen LogP contribution >= 0.6 is 0 Å². The van der Waals surface area contributed by atoms with Gasteiger partial charge in [-0.15, -0.1) is 0 Å². The van der Waals surface area contributed by atoms with E-state index in [9.17, 15) is 40.3 Å². The number of carbonyl (C=O) groups is 2. The molecule has 12 heteroatoms. The first-order valence-electron chi connectivity index (χ1n) is 10.3. The zero-order valence-electron chi connectivity index (χ0n) is 18.2. The molecule has 2 N–H and O–H groups in total. The number of halogens is 7. The largest absolute Gasteiger partial charge is 0.416 e. The lowest BCUT2D eigenvalue weighted by atomic mass is 9.91. The normalized spacial score (nSPS) is 16.5. The fourth-order valence-electron chi connectivity index (χ4n) is 3.31. The molecule has 1 fully saturated rings. The molecule has 0 unspecified atom stereocenters. The second-order valence-electron chi connectivity index (χ2n) is 8.60. The van der Waals surface area contributed by atoms with Gasteiger partial charge in [0.05, 0.1) is 5.56 Å². The highest BCUT2D eigenvalue weighted by atomic mass is 19.4. The van der Waals surface area contributed by atoms with Gasteiger partial charge in [0, 0.05) is 25.2 Å². The number of amides is 2. The van der Waals surface area contributed by atoms with Crippen molar-refractivity contribution in [2.75, 3.05) is 32.7 Å². The topological polar surface area (TPSA) is 61.4 Å². The van der Waals surface area contributed by atoms with Gasteiger partial charge in [-0.1, -0.05) is 0 Å². The van der Waals surface area contributed by atoms with E-state index in [1.807, 2.05) is 4.90 Å². The van der Waals surface area contributed by atoms with Gasteiger partial charge in [0.1, 0.15) is 11.2 Å². The lowest BCUT2D eigenvalue weighted by Gasteiger charge is -2.32. The van der Waals surface area contributed by atoms with Gasteiger partial charge in [0.25, 0.3) is 5.91 Å². The average molecular weight is 485 g/mol. The lowest BCUT2D eigenvalue weighted by molar-refractivity contribution is -0.211. The molecule has 0 aliphatic carbocycles. The Morgan fingerprint density at radius 1 is 1.00 bits per heavy atom. The first kappa shape index (κ1) is 26.9. The Morgan fingerprint density at radius 3 is 2.15 bits per heavy atom. The zero-order valence-corrected chi connectivity index (χ0v) is 18.2. The molecule has 186 valence electrons. The molecule has 1 saturated heterocycles. The molecule has 1 aliphatic rings. The van der Waals surface area contributed by atoms with Gasteiger partial charge >= 0.3 is 12.4 Å². The first-order chi connectivity index (χ1) is 15.1. The van der Waals surface area contributed by atoms with Crippen LogP contribution in [0.4, 0.5) is 30.7 Å². The summed E-state index contributed by atoms with van der Waals surface area (Å²) in [5, 5.41) is 4.82. The Kier molecular flexibility index (Phi) is 8.36. The maximum atomic E-state index is 13.5. The molecule has 33 heavy (non-hydrogen) atoms. The highest BCUT2D eigenvalue weighted by molar-refractivity contribution is 5.94. The smallest absolute Gasteiger partial charge is 0.354 e. The van der Waals surface area contributed by atoms with Gasteiger partial charge in [-0.25, -0.2) is 4.39 Å². The fourth-order valence-corrected chi connectivity index (χ4v) is 3.31. The van der Waals surface area contributed by atoms with Crippen molar-refractivity contribution in [3.63, 3.8) is 0 Å². The van der Waals surface area contributed by atoms with E-state index in [0.29, 0.717) is 44.6 Å². The third kappa shape index (κ3) is 7.31. The van der Waals surface area contributed by atoms with Crippen molar-refractivity contribution in [3.05, 3.63) is 35.1 Å². The number of hydrogen-bond acceptors (Lipinski definition) is 3. The Labute approximate surface area is 186 Å². The summed E-state index contributed by atoms with van der Waals surface area (Å²) >= 11 is 0. The molecule has 1 aliphatic heterocycles. The standard InChI is InChI=1S/C21H26F7N3O2/c1-19(2,21(26,27)28)18(33)29-5-8-31-6-3-13(4-7-31)12-30-17(32)14-9-15(20(23,24)25)11-16(22)10-14/h9-11,13H,3-8,12H2,1-2H3,(H,29,33)(H,30,32). The van der Waals surface area contributed by atoms with Crippen LogP contribution in [0.25, 0.3) is 0 Å². The number of likely N-dealkylation sites (tertiary alicyclic amines) is 1. The molecule has 0 spiro atoms. The molecule has 0 radical (unpaired) electrons. The summed E-state index contributed by atoms with van der Waals surface area (Å²) in [6, 6.07) is 1.65. The van der Waals surface area contributed by atoms with Crippen molar-refractivity contribution in [2.45, 2.75) is 39.0 Å². The molecule has 5 nitrogen and oxygen atoms in total. The zero-order chi connectivity index (χ0) is 25.0. The van der Waals surface area contributed by atoms with Gasteiger partial charge in [-0.2, -0.15) is 26.3 Å². The van der Waals surface area contributed by atoms with Crippen molar-refractivity contribution >= 4 is 11.8 Å². The molecular weight excluding hydrogens is 459 g/mol. The molecule has 1 aromatic carbocycles. The number of piperidine rings is 1. The van der Waals surface area contributed by atoms with E-state index in [1.165, 1.54) is 0 Å². The van der Waals surface area contributed by atoms with E-state index in [2.05, 4.69) is 10.6 Å². The predicted molar refractivity (Wildman–Crippen MR) is 106 cm³/mol. The molecular formula is C21H26F7N3O2. The van der Waals surface area contributed by atoms with Crippen molar-refractivity contribution in [1.82, 2.24) is 15.5 Å². The van der Waals surface area contributed by atoms with Crippen LogP contribution in [0.5, 0.6) is 0 Å². The number of alkyl halides is 6. The first-order valence-corrected chi connectivity index (χ1v) is 10.3. The minimum atomic E-state index is -4.77. The Hall–Kier alpha value is -2.37. The summed E-state index contributed by atoms with van der Waals surface area (Å²) in [5.74, 6) is -3.02. The summed E-state index contributed by atoms with van der Waals surface area (Å²) in [6.07, 6.45) is -8.15. The van der Waals surface area contributed by atoms with Crippen LogP contribution in [0.1, 0.15) is 42.6 Å². The highest BCUT2D eigenvalue weighted by Gasteiger charge is 2.52. The van der Waals surface area contributed by atoms with Gasteiger partial charge in [0.2, 0.25) is 5.91 Å². The number of carbonyl (C=O) groups excluding carboxylic acids is 2. The second-order valence-corrected chi connectivity index (χ2v) is 8.60. The maximum absolute atomic E-state index is 13.5. The maximum Gasteiger partial charge on any atom is 0.416 e. The van der Waals surface area contributed by atoms with E-state index in [0.717, 1.165) is 19.9 Å². The minimum absolute atomic E-state index is 0.0413. The molecule has 2 amide bonds. The van der Waals surface area contributed by atoms with Crippen LogP contribution in [0.3, 0.4) is 0 Å². The quantitative estimate of drug-likeness (QED) is 0.575. The van der Waals surface area contributed by atoms with Gasteiger partial charge < -0.3 is 15.5 Å². The van der Waals surface area contributed by atoms with Crippen molar-refractivity contribution in [1.29, 1.82) is 0 Å². The number of rotatable bonds is 7. The van der Waals surface area contributed by atoms with E-state index < -0.39 is 46.5 Å². The lowest BCUT2D eigenvalue weighted by Crippen LogP contribution is -2.49. The second kappa shape index (κ2) is 10.3. The van der Waals surface area contributed by atoms with Crippen molar-refractivity contribution in [2.24, 2.45) is 11.3 Å². The van der Waals surface area contributed by atoms with Gasteiger partial charge in [-0.05, 0) is 63.9 Å². The number of nitrogens with one attached hydrogen (secondary N) is 2. The Morgan fingerprint density at radius 2 is 1.61 bits per heavy atom. The summed E-state index contributed by atoms with van der Waals surface area (Å²) in [4.78, 5) is 25.9. The van der Waals surface area contributed by atoms with Crippen LogP contribution in [0.2, 0.25) is 0 Å². The highest BCUT2D eigenvalue weighted by Crippen LogP contribution is 2.37. The fraction of sp³-hybridized carbons (Fsp3) is 0.619. The average Bonchev–Trinajstić information content (AvgIpc) is 2.70. The molecule has 1 heterocycles. The predicted octanol–water partition coefficient (Wildman–Crippen LogP) is 3.99. The van der Waals surface area contributed by atoms with Crippen LogP contribution in [-0.4, -0.2) is 55.6 Å². The Bertz CT molecular complexity index is 845. The van der Waals surface area contributed by atoms with E-state index in [-0.39, 0.29) is 19.0 Å². The molecule has 1 aromatic rings. The molecule has 0 atom stereocenters. The van der Waals surface area contributed by atoms with Crippen LogP contribution in [0, 0.1) is 17.2 Å². The van der Waals surface area contributed by atoms with E-state index in [4.69, 9.17) is 0 Å². The van der Waals surface area contributed by atoms with E-state index >= 15 is 0 Å². The van der Waals surface area contributed by atoms with Crippen molar-refractivity contribution in [3.8, 4) is 0 Å². The Balaban J connectivity index is 1.75. The van der Waals surface area contributed by atoms with Gasteiger partial charge in [0.15, 0.2) is 0 Å². The SMILES string of the molecule is CC(C)(C(=O)NCCN1CCC(CNC(=O)c2cc(F)cc(C(F)(F)F)c2)CC1)C(F)(F)F. The van der Waals surface area contributed by atoms with E-state index in [1.54, 1.807) is 0 Å². The number of benzene rings is 1. The summed E-state index contributed by atoms with van der Waals surface area (Å²) in [7, 11) is 0. The minimum Gasteiger partial charge on any atom is -0.354 e. The van der Waals surface area contributed by atoms with Gasteiger partial charge in [-0.3, -0.25) is 9.59 Å². The molecule has 0 saturated carbocycles. The summed E-state index contributed by atoms with van der Waals surface area (Å²) in [6.45, 7) is 3.41.